The van der Waals surface area contributed by atoms with Gasteiger partial charge >= 0.3 is 0 Å². The fourth-order valence-corrected chi connectivity index (χ4v) is 3.26. The first-order valence-corrected chi connectivity index (χ1v) is 9.46. The van der Waals surface area contributed by atoms with E-state index in [0.29, 0.717) is 35.7 Å². The van der Waals surface area contributed by atoms with Gasteiger partial charge in [0.1, 0.15) is 0 Å². The van der Waals surface area contributed by atoms with E-state index in [1.807, 2.05) is 13.0 Å². The molecule has 7 nitrogen and oxygen atoms in total. The molecule has 1 aliphatic rings. The zero-order valence-corrected chi connectivity index (χ0v) is 16.2. The van der Waals surface area contributed by atoms with Crippen LogP contribution in [0.15, 0.2) is 42.5 Å². The molecule has 3 rings (SSSR count). The zero-order chi connectivity index (χ0) is 20.8. The van der Waals surface area contributed by atoms with E-state index in [2.05, 4.69) is 5.32 Å². The Labute approximate surface area is 169 Å². The third kappa shape index (κ3) is 4.92. The number of para-hydroxylation sites is 1. The number of nitriles is 1. The summed E-state index contributed by atoms with van der Waals surface area (Å²) in [6, 6.07) is 13.9. The van der Waals surface area contributed by atoms with E-state index in [4.69, 9.17) is 10.00 Å². The Bertz CT molecular complexity index is 934. The lowest BCUT2D eigenvalue weighted by atomic mass is 10.1. The number of aliphatic hydroxyl groups is 1. The number of fused-ring (bicyclic) bond motifs is 1. The summed E-state index contributed by atoms with van der Waals surface area (Å²) < 4.78 is 5.89. The Hall–Kier alpha value is -3.37. The van der Waals surface area contributed by atoms with Crippen LogP contribution in [-0.2, 0) is 11.2 Å². The minimum Gasteiger partial charge on any atom is -0.490 e. The van der Waals surface area contributed by atoms with Gasteiger partial charge in [0.25, 0.3) is 5.91 Å². The fraction of sp³-hybridized carbons (Fsp3) is 0.318. The van der Waals surface area contributed by atoms with Gasteiger partial charge in [-0.2, -0.15) is 5.26 Å². The molecule has 2 aromatic rings. The van der Waals surface area contributed by atoms with Crippen LogP contribution in [0.5, 0.6) is 5.75 Å². The van der Waals surface area contributed by atoms with Crippen LogP contribution in [0.1, 0.15) is 28.4 Å². The molecule has 2 amide bonds. The van der Waals surface area contributed by atoms with Gasteiger partial charge < -0.3 is 20.1 Å². The normalized spacial score (nSPS) is 16.1. The molecule has 1 atom stereocenters. The molecule has 150 valence electrons. The molecular weight excluding hydrogens is 370 g/mol. The van der Waals surface area contributed by atoms with E-state index in [0.717, 1.165) is 5.56 Å². The highest BCUT2D eigenvalue weighted by atomic mass is 16.5. The van der Waals surface area contributed by atoms with Crippen molar-refractivity contribution in [2.75, 3.05) is 31.6 Å². The quantitative estimate of drug-likeness (QED) is 0.811. The number of hydrogen-bond acceptors (Lipinski definition) is 5. The number of aliphatic hydroxyl groups excluding tert-OH is 1. The summed E-state index contributed by atoms with van der Waals surface area (Å²) in [4.78, 5) is 27.0. The number of hydrogen-bond donors (Lipinski definition) is 2. The van der Waals surface area contributed by atoms with Crippen molar-refractivity contribution in [3.8, 4) is 11.8 Å². The predicted molar refractivity (Wildman–Crippen MR) is 108 cm³/mol. The molecule has 0 spiro atoms. The molecular formula is C22H23N3O4. The summed E-state index contributed by atoms with van der Waals surface area (Å²) in [5, 5.41) is 21.0. The van der Waals surface area contributed by atoms with Crippen molar-refractivity contribution in [2.24, 2.45) is 5.92 Å². The van der Waals surface area contributed by atoms with Crippen molar-refractivity contribution in [1.29, 1.82) is 5.26 Å². The zero-order valence-electron chi connectivity index (χ0n) is 16.2. The number of rotatable bonds is 5. The molecule has 7 heteroatoms. The molecule has 29 heavy (non-hydrogen) atoms. The van der Waals surface area contributed by atoms with Gasteiger partial charge in [-0.1, -0.05) is 25.1 Å². The first kappa shape index (κ1) is 20.4. The Morgan fingerprint density at radius 2 is 2.07 bits per heavy atom. The second kappa shape index (κ2) is 9.22. The van der Waals surface area contributed by atoms with Gasteiger partial charge in [-0.25, -0.2) is 0 Å². The number of ether oxygens (including phenoxy) is 1. The van der Waals surface area contributed by atoms with Crippen LogP contribution < -0.4 is 10.1 Å². The SMILES string of the molecule is C[C@H]1COc2c(NC(=O)Cc3ccc(C#N)cc3)cccc2C(=O)N(CCO)C1. The maximum absolute atomic E-state index is 12.9. The Kier molecular flexibility index (Phi) is 6.47. The molecule has 0 saturated carbocycles. The van der Waals surface area contributed by atoms with Crippen LogP contribution in [0.25, 0.3) is 0 Å². The maximum Gasteiger partial charge on any atom is 0.257 e. The lowest BCUT2D eigenvalue weighted by Crippen LogP contribution is -2.40. The van der Waals surface area contributed by atoms with Crippen LogP contribution in [0.2, 0.25) is 0 Å². The van der Waals surface area contributed by atoms with Crippen molar-refractivity contribution in [3.63, 3.8) is 0 Å². The van der Waals surface area contributed by atoms with Crippen LogP contribution in [0.4, 0.5) is 5.69 Å². The van der Waals surface area contributed by atoms with Crippen LogP contribution >= 0.6 is 0 Å². The molecule has 0 aliphatic carbocycles. The van der Waals surface area contributed by atoms with Crippen molar-refractivity contribution in [2.45, 2.75) is 13.3 Å². The average molecular weight is 393 g/mol. The standard InChI is InChI=1S/C22H23N3O4/c1-15-13-25(9-10-26)22(28)18-3-2-4-19(21(18)29-14-15)24-20(27)11-16-5-7-17(12-23)8-6-16/h2-8,15,26H,9-11,13-14H2,1H3,(H,24,27)/t15-/m1/s1. The molecule has 2 aromatic carbocycles. The number of benzene rings is 2. The second-order valence-electron chi connectivity index (χ2n) is 7.11. The lowest BCUT2D eigenvalue weighted by molar-refractivity contribution is -0.115. The first-order valence-electron chi connectivity index (χ1n) is 9.46. The van der Waals surface area contributed by atoms with E-state index in [9.17, 15) is 14.7 Å². The molecule has 1 heterocycles. The number of nitrogens with zero attached hydrogens (tertiary/aromatic N) is 2. The topological polar surface area (TPSA) is 103 Å². The van der Waals surface area contributed by atoms with Crippen LogP contribution in [-0.4, -0.2) is 48.1 Å². The van der Waals surface area contributed by atoms with Gasteiger partial charge in [-0.15, -0.1) is 0 Å². The fourth-order valence-electron chi connectivity index (χ4n) is 3.26. The summed E-state index contributed by atoms with van der Waals surface area (Å²) in [5.74, 6) is -0.0495. The largest absolute Gasteiger partial charge is 0.490 e. The summed E-state index contributed by atoms with van der Waals surface area (Å²) in [6.45, 7) is 2.99. The monoisotopic (exact) mass is 393 g/mol. The highest BCUT2D eigenvalue weighted by Crippen LogP contribution is 2.32. The van der Waals surface area contributed by atoms with Crippen LogP contribution in [0.3, 0.4) is 0 Å². The molecule has 0 fully saturated rings. The Balaban J connectivity index is 1.81. The summed E-state index contributed by atoms with van der Waals surface area (Å²) in [7, 11) is 0. The number of carbonyl (C=O) groups is 2. The van der Waals surface area contributed by atoms with Crippen molar-refractivity contribution >= 4 is 17.5 Å². The van der Waals surface area contributed by atoms with Gasteiger partial charge in [-0.3, -0.25) is 9.59 Å². The minimum absolute atomic E-state index is 0.0843. The molecule has 2 N–H and O–H groups in total. The summed E-state index contributed by atoms with van der Waals surface area (Å²) in [6.07, 6.45) is 0.135. The highest BCUT2D eigenvalue weighted by Gasteiger charge is 2.26. The van der Waals surface area contributed by atoms with Crippen molar-refractivity contribution in [1.82, 2.24) is 4.90 Å². The average Bonchev–Trinajstić information content (AvgIpc) is 2.71. The van der Waals surface area contributed by atoms with Crippen molar-refractivity contribution in [3.05, 3.63) is 59.2 Å². The van der Waals surface area contributed by atoms with E-state index in [-0.39, 0.29) is 37.3 Å². The smallest absolute Gasteiger partial charge is 0.257 e. The van der Waals surface area contributed by atoms with Crippen LogP contribution in [0, 0.1) is 17.2 Å². The summed E-state index contributed by atoms with van der Waals surface area (Å²) in [5.41, 5.74) is 2.11. The molecule has 0 radical (unpaired) electrons. The molecule has 0 aromatic heterocycles. The second-order valence-corrected chi connectivity index (χ2v) is 7.11. The van der Waals surface area contributed by atoms with E-state index in [1.165, 1.54) is 0 Å². The highest BCUT2D eigenvalue weighted by molar-refractivity contribution is 6.01. The van der Waals surface area contributed by atoms with Crippen molar-refractivity contribution < 1.29 is 19.4 Å². The van der Waals surface area contributed by atoms with Gasteiger partial charge in [0, 0.05) is 19.0 Å². The summed E-state index contributed by atoms with van der Waals surface area (Å²) >= 11 is 0. The van der Waals surface area contributed by atoms with Gasteiger partial charge in [0.2, 0.25) is 5.91 Å². The number of anilines is 1. The third-order valence-corrected chi connectivity index (χ3v) is 4.67. The predicted octanol–water partition coefficient (Wildman–Crippen LogP) is 2.20. The number of carbonyl (C=O) groups excluding carboxylic acids is 2. The number of amides is 2. The minimum atomic E-state index is -0.249. The molecule has 0 bridgehead atoms. The van der Waals surface area contributed by atoms with Gasteiger partial charge in [-0.05, 0) is 29.8 Å². The molecule has 0 unspecified atom stereocenters. The molecule has 0 saturated heterocycles. The van der Waals surface area contributed by atoms with E-state index in [1.54, 1.807) is 47.4 Å². The van der Waals surface area contributed by atoms with Gasteiger partial charge in [0.15, 0.2) is 5.75 Å². The third-order valence-electron chi connectivity index (χ3n) is 4.67. The van der Waals surface area contributed by atoms with Gasteiger partial charge in [0.05, 0.1) is 42.5 Å². The number of β-amino-alcohol motifs (C(OH)–C–C–N with tert-alkyl or cyclic N) is 1. The first-order chi connectivity index (χ1) is 14.0. The number of nitrogens with one attached hydrogen (secondary N) is 1. The van der Waals surface area contributed by atoms with E-state index < -0.39 is 0 Å². The Morgan fingerprint density at radius 1 is 1.31 bits per heavy atom. The van der Waals surface area contributed by atoms with E-state index >= 15 is 0 Å². The lowest BCUT2D eigenvalue weighted by Gasteiger charge is -2.30. The Morgan fingerprint density at radius 3 is 2.76 bits per heavy atom. The molecule has 1 aliphatic heterocycles. The maximum atomic E-state index is 12.9.